The average molecular weight is 236 g/mol. The van der Waals surface area contributed by atoms with Crippen molar-refractivity contribution < 1.29 is 19.1 Å². The highest BCUT2D eigenvalue weighted by Gasteiger charge is 2.25. The van der Waals surface area contributed by atoms with Gasteiger partial charge in [-0.15, -0.1) is 0 Å². The molecule has 92 valence electrons. The lowest BCUT2D eigenvalue weighted by Crippen LogP contribution is -2.19. The van der Waals surface area contributed by atoms with Crippen molar-refractivity contribution in [2.75, 3.05) is 6.61 Å². The highest BCUT2D eigenvalue weighted by Crippen LogP contribution is 2.27. The fraction of sp³-hybridized carbons (Fsp3) is 0.385. The van der Waals surface area contributed by atoms with E-state index >= 15 is 0 Å². The molecule has 0 radical (unpaired) electrons. The molecule has 0 N–H and O–H groups in total. The lowest BCUT2D eigenvalue weighted by Gasteiger charge is -2.19. The Morgan fingerprint density at radius 2 is 2.29 bits per heavy atom. The van der Waals surface area contributed by atoms with Gasteiger partial charge in [0.2, 0.25) is 0 Å². The van der Waals surface area contributed by atoms with Gasteiger partial charge in [0, 0.05) is 6.08 Å². The van der Waals surface area contributed by atoms with Gasteiger partial charge in [-0.25, -0.2) is 9.59 Å². The maximum atomic E-state index is 11.8. The van der Waals surface area contributed by atoms with Crippen LogP contribution in [0.25, 0.3) is 0 Å². The van der Waals surface area contributed by atoms with E-state index in [1.807, 2.05) is 13.0 Å². The fourth-order valence-corrected chi connectivity index (χ4v) is 1.58. The molecule has 1 aliphatic carbocycles. The van der Waals surface area contributed by atoms with E-state index in [2.05, 4.69) is 6.58 Å². The monoisotopic (exact) mass is 236 g/mol. The second kappa shape index (κ2) is 6.03. The third kappa shape index (κ3) is 3.31. The van der Waals surface area contributed by atoms with Crippen LogP contribution in [0.1, 0.15) is 20.3 Å². The molecule has 0 aliphatic heterocycles. The normalized spacial score (nSPS) is 18.8. The Labute approximate surface area is 101 Å². The van der Waals surface area contributed by atoms with E-state index in [4.69, 9.17) is 9.47 Å². The summed E-state index contributed by atoms with van der Waals surface area (Å²) in [6, 6.07) is 0. The van der Waals surface area contributed by atoms with Gasteiger partial charge in [-0.05, 0) is 25.3 Å². The Hall–Kier alpha value is -1.84. The molecule has 0 fully saturated rings. The minimum absolute atomic E-state index is 0.0216. The van der Waals surface area contributed by atoms with Crippen molar-refractivity contribution in [1.82, 2.24) is 0 Å². The predicted molar refractivity (Wildman–Crippen MR) is 62.9 cm³/mol. The SMILES string of the molecule is C=CC(=O)OC1=C(C(=O)OCC)C(C)CC=C1. The standard InChI is InChI=1S/C13H16O4/c1-4-11(14)17-10-8-6-7-9(3)12(10)13(15)16-5-2/h4,6,8-9H,1,5,7H2,2-3H3. The molecule has 0 saturated heterocycles. The smallest absolute Gasteiger partial charge is 0.338 e. The van der Waals surface area contributed by atoms with Crippen LogP contribution >= 0.6 is 0 Å². The first kappa shape index (κ1) is 13.2. The van der Waals surface area contributed by atoms with E-state index in [0.717, 1.165) is 12.5 Å². The van der Waals surface area contributed by atoms with Crippen molar-refractivity contribution in [1.29, 1.82) is 0 Å². The highest BCUT2D eigenvalue weighted by molar-refractivity contribution is 5.91. The van der Waals surface area contributed by atoms with Gasteiger partial charge < -0.3 is 9.47 Å². The summed E-state index contributed by atoms with van der Waals surface area (Å²) in [6.45, 7) is 7.23. The molecular formula is C13H16O4. The number of hydrogen-bond donors (Lipinski definition) is 0. The van der Waals surface area contributed by atoms with Crippen LogP contribution in [0.3, 0.4) is 0 Å². The molecule has 0 aromatic heterocycles. The van der Waals surface area contributed by atoms with Gasteiger partial charge in [0.15, 0.2) is 0 Å². The van der Waals surface area contributed by atoms with E-state index in [-0.39, 0.29) is 11.7 Å². The number of carbonyl (C=O) groups excluding carboxylic acids is 2. The minimum atomic E-state index is -0.583. The van der Waals surface area contributed by atoms with Crippen LogP contribution in [0.15, 0.2) is 36.1 Å². The Morgan fingerprint density at radius 3 is 2.88 bits per heavy atom. The molecular weight excluding hydrogens is 220 g/mol. The summed E-state index contributed by atoms with van der Waals surface area (Å²) in [5, 5.41) is 0. The Morgan fingerprint density at radius 1 is 1.59 bits per heavy atom. The second-order valence-electron chi connectivity index (χ2n) is 3.66. The summed E-state index contributed by atoms with van der Waals surface area (Å²) in [7, 11) is 0. The number of hydrogen-bond acceptors (Lipinski definition) is 4. The molecule has 0 aromatic rings. The van der Waals surface area contributed by atoms with Crippen LogP contribution in [-0.4, -0.2) is 18.5 Å². The first-order valence-corrected chi connectivity index (χ1v) is 5.52. The van der Waals surface area contributed by atoms with E-state index < -0.39 is 11.9 Å². The van der Waals surface area contributed by atoms with Gasteiger partial charge in [-0.3, -0.25) is 0 Å². The fourth-order valence-electron chi connectivity index (χ4n) is 1.58. The molecule has 0 spiro atoms. The number of rotatable bonds is 4. The number of allylic oxidation sites excluding steroid dienone is 2. The molecule has 0 saturated carbocycles. The summed E-state index contributed by atoms with van der Waals surface area (Å²) < 4.78 is 9.98. The quantitative estimate of drug-likeness (QED) is 0.554. The van der Waals surface area contributed by atoms with Gasteiger partial charge in [-0.1, -0.05) is 19.6 Å². The molecule has 0 heterocycles. The largest absolute Gasteiger partial charge is 0.463 e. The zero-order valence-electron chi connectivity index (χ0n) is 10.1. The van der Waals surface area contributed by atoms with Crippen LogP contribution in [-0.2, 0) is 19.1 Å². The molecule has 0 aromatic carbocycles. The molecule has 4 nitrogen and oxygen atoms in total. The minimum Gasteiger partial charge on any atom is -0.463 e. The maximum Gasteiger partial charge on any atom is 0.338 e. The van der Waals surface area contributed by atoms with Crippen LogP contribution in [0.5, 0.6) is 0 Å². The van der Waals surface area contributed by atoms with Crippen molar-refractivity contribution in [2.24, 2.45) is 5.92 Å². The summed E-state index contributed by atoms with van der Waals surface area (Å²) in [5.41, 5.74) is 0.407. The Kier molecular flexibility index (Phi) is 4.69. The molecule has 1 aliphatic rings. The number of carbonyl (C=O) groups is 2. The first-order chi connectivity index (χ1) is 8.10. The van der Waals surface area contributed by atoms with Crippen molar-refractivity contribution in [3.8, 4) is 0 Å². The molecule has 1 unspecified atom stereocenters. The summed E-state index contributed by atoms with van der Waals surface area (Å²) >= 11 is 0. The zero-order chi connectivity index (χ0) is 12.8. The molecule has 1 rings (SSSR count). The van der Waals surface area contributed by atoms with Gasteiger partial charge in [0.05, 0.1) is 12.2 Å². The topological polar surface area (TPSA) is 52.6 Å². The third-order valence-electron chi connectivity index (χ3n) is 2.39. The summed E-state index contributed by atoms with van der Waals surface area (Å²) in [5.74, 6) is -0.782. The van der Waals surface area contributed by atoms with E-state index in [1.165, 1.54) is 0 Å². The summed E-state index contributed by atoms with van der Waals surface area (Å²) in [4.78, 5) is 22.9. The number of ether oxygens (including phenoxy) is 2. The predicted octanol–water partition coefficient (Wildman–Crippen LogP) is 2.13. The van der Waals surface area contributed by atoms with Gasteiger partial charge in [-0.2, -0.15) is 0 Å². The Bertz CT molecular complexity index is 390. The zero-order valence-corrected chi connectivity index (χ0v) is 10.1. The van der Waals surface area contributed by atoms with Gasteiger partial charge in [0.1, 0.15) is 5.76 Å². The van der Waals surface area contributed by atoms with Crippen LogP contribution in [0, 0.1) is 5.92 Å². The van der Waals surface area contributed by atoms with Crippen molar-refractivity contribution in [2.45, 2.75) is 20.3 Å². The van der Waals surface area contributed by atoms with Gasteiger partial charge in [0.25, 0.3) is 0 Å². The van der Waals surface area contributed by atoms with Crippen LogP contribution < -0.4 is 0 Å². The third-order valence-corrected chi connectivity index (χ3v) is 2.39. The van der Waals surface area contributed by atoms with Crippen LogP contribution in [0.4, 0.5) is 0 Å². The van der Waals surface area contributed by atoms with Crippen molar-refractivity contribution in [3.05, 3.63) is 36.1 Å². The molecule has 0 amide bonds. The molecule has 17 heavy (non-hydrogen) atoms. The maximum absolute atomic E-state index is 11.8. The second-order valence-corrected chi connectivity index (χ2v) is 3.66. The number of esters is 2. The molecule has 1 atom stereocenters. The van der Waals surface area contributed by atoms with E-state index in [0.29, 0.717) is 12.2 Å². The van der Waals surface area contributed by atoms with Crippen molar-refractivity contribution >= 4 is 11.9 Å². The van der Waals surface area contributed by atoms with E-state index in [1.54, 1.807) is 13.0 Å². The first-order valence-electron chi connectivity index (χ1n) is 5.52. The highest BCUT2D eigenvalue weighted by atomic mass is 16.5. The molecule has 4 heteroatoms. The lowest BCUT2D eigenvalue weighted by molar-refractivity contribution is -0.139. The lowest BCUT2D eigenvalue weighted by atomic mass is 9.92. The van der Waals surface area contributed by atoms with Crippen molar-refractivity contribution in [3.63, 3.8) is 0 Å². The summed E-state index contributed by atoms with van der Waals surface area (Å²) in [6.07, 6.45) is 5.26. The van der Waals surface area contributed by atoms with Gasteiger partial charge >= 0.3 is 11.9 Å². The van der Waals surface area contributed by atoms with Crippen LogP contribution in [0.2, 0.25) is 0 Å². The molecule has 0 bridgehead atoms. The Balaban J connectivity index is 3.01. The van der Waals surface area contributed by atoms with E-state index in [9.17, 15) is 9.59 Å². The average Bonchev–Trinajstić information content (AvgIpc) is 2.29.